The summed E-state index contributed by atoms with van der Waals surface area (Å²) in [7, 11) is 0. The summed E-state index contributed by atoms with van der Waals surface area (Å²) in [6, 6.07) is 7.28. The van der Waals surface area contributed by atoms with Gasteiger partial charge in [0.1, 0.15) is 18.3 Å². The van der Waals surface area contributed by atoms with E-state index in [0.717, 1.165) is 5.56 Å². The maximum absolute atomic E-state index is 11.6. The Kier molecular flexibility index (Phi) is 5.06. The number of rotatable bonds is 7. The van der Waals surface area contributed by atoms with E-state index < -0.39 is 17.0 Å². The fourth-order valence-corrected chi connectivity index (χ4v) is 2.50. The molecule has 1 heterocycles. The van der Waals surface area contributed by atoms with E-state index in [1.165, 1.54) is 31.2 Å². The maximum atomic E-state index is 11.6. The summed E-state index contributed by atoms with van der Waals surface area (Å²) in [5.74, 6) is -1.06. The minimum Gasteiger partial charge on any atom is -0.481 e. The van der Waals surface area contributed by atoms with Crippen LogP contribution in [0, 0.1) is 5.41 Å². The summed E-state index contributed by atoms with van der Waals surface area (Å²) in [6.45, 7) is 3.10. The van der Waals surface area contributed by atoms with E-state index >= 15 is 0 Å². The molecule has 0 aliphatic rings. The molecule has 1 aromatic heterocycles. The predicted molar refractivity (Wildman–Crippen MR) is 86.2 cm³/mol. The van der Waals surface area contributed by atoms with Crippen LogP contribution in [0.5, 0.6) is 0 Å². The number of carboxylic acid groups (broad SMARTS) is 1. The third-order valence-electron chi connectivity index (χ3n) is 4.33. The highest BCUT2D eigenvalue weighted by Crippen LogP contribution is 2.36. The molecule has 0 saturated carbocycles. The zero-order valence-corrected chi connectivity index (χ0v) is 13.9. The molecule has 124 valence electrons. The van der Waals surface area contributed by atoms with Gasteiger partial charge < -0.3 is 10.2 Å². The fraction of sp³-hybridized carbons (Fsp3) is 0.438. The van der Waals surface area contributed by atoms with Gasteiger partial charge >= 0.3 is 5.97 Å². The Labute approximate surface area is 139 Å². The van der Waals surface area contributed by atoms with Gasteiger partial charge in [0.25, 0.3) is 0 Å². The van der Waals surface area contributed by atoms with Crippen LogP contribution in [0.1, 0.15) is 25.8 Å². The van der Waals surface area contributed by atoms with Crippen molar-refractivity contribution in [1.29, 1.82) is 0 Å². The molecule has 2 N–H and O–H groups in total. The molecule has 0 saturated heterocycles. The molecule has 1 atom stereocenters. The van der Waals surface area contributed by atoms with Crippen molar-refractivity contribution in [3.63, 3.8) is 0 Å². The highest BCUT2D eigenvalue weighted by molar-refractivity contribution is 6.30. The summed E-state index contributed by atoms with van der Waals surface area (Å²) in [6.07, 6.45) is 3.62. The van der Waals surface area contributed by atoms with Gasteiger partial charge in [0.2, 0.25) is 0 Å². The van der Waals surface area contributed by atoms with E-state index in [-0.39, 0.29) is 13.0 Å². The lowest BCUT2D eigenvalue weighted by atomic mass is 9.71. The predicted octanol–water partition coefficient (Wildman–Crippen LogP) is 2.41. The molecule has 1 aromatic carbocycles. The minimum atomic E-state index is -1.48. The zero-order chi connectivity index (χ0) is 17.1. The molecule has 0 aliphatic carbocycles. The Morgan fingerprint density at radius 3 is 2.48 bits per heavy atom. The first-order chi connectivity index (χ1) is 10.7. The van der Waals surface area contributed by atoms with Crippen molar-refractivity contribution < 1.29 is 15.0 Å². The number of aromatic nitrogens is 3. The number of hydrogen-bond acceptors (Lipinski definition) is 4. The van der Waals surface area contributed by atoms with E-state index in [2.05, 4.69) is 10.1 Å². The lowest BCUT2D eigenvalue weighted by Gasteiger charge is -2.39. The lowest BCUT2D eigenvalue weighted by molar-refractivity contribution is -0.168. The van der Waals surface area contributed by atoms with Crippen LogP contribution in [0.2, 0.25) is 5.02 Å². The van der Waals surface area contributed by atoms with Gasteiger partial charge in [0.05, 0.1) is 12.0 Å². The lowest BCUT2D eigenvalue weighted by Crippen LogP contribution is -2.52. The Balaban J connectivity index is 2.22. The van der Waals surface area contributed by atoms with E-state index in [1.807, 2.05) is 12.1 Å². The van der Waals surface area contributed by atoms with Gasteiger partial charge in [-0.2, -0.15) is 5.10 Å². The molecular formula is C16H20ClN3O3. The van der Waals surface area contributed by atoms with Crippen molar-refractivity contribution in [3.8, 4) is 0 Å². The molecule has 1 unspecified atom stereocenters. The van der Waals surface area contributed by atoms with Gasteiger partial charge in [-0.15, -0.1) is 0 Å². The van der Waals surface area contributed by atoms with Gasteiger partial charge in [-0.3, -0.25) is 9.48 Å². The van der Waals surface area contributed by atoms with Gasteiger partial charge in [-0.05, 0) is 44.4 Å². The van der Waals surface area contributed by atoms with Crippen molar-refractivity contribution in [2.24, 2.45) is 5.41 Å². The Morgan fingerprint density at radius 1 is 1.30 bits per heavy atom. The van der Waals surface area contributed by atoms with E-state index in [1.54, 1.807) is 12.1 Å². The third-order valence-corrected chi connectivity index (χ3v) is 4.58. The number of aryl methyl sites for hydroxylation is 1. The van der Waals surface area contributed by atoms with Crippen molar-refractivity contribution >= 4 is 17.6 Å². The van der Waals surface area contributed by atoms with Crippen LogP contribution in [-0.2, 0) is 17.8 Å². The first kappa shape index (κ1) is 17.4. The van der Waals surface area contributed by atoms with E-state index in [4.69, 9.17) is 11.6 Å². The third kappa shape index (κ3) is 3.89. The Bertz CT molecular complexity index is 656. The molecule has 0 radical (unpaired) electrons. The second kappa shape index (κ2) is 6.68. The standard InChI is InChI=1S/C16H20ClN3O3/c1-15(2,14(21)22)16(23,9-20-11-18-10-19-20)8-7-12-3-5-13(17)6-4-12/h3-6,10-11,23H,7-9H2,1-2H3,(H,21,22). The normalized spacial score (nSPS) is 14.4. The number of nitrogens with zero attached hydrogens (tertiary/aromatic N) is 3. The molecule has 0 spiro atoms. The Hall–Kier alpha value is -1.92. The molecular weight excluding hydrogens is 318 g/mol. The molecule has 2 rings (SSSR count). The first-order valence-electron chi connectivity index (χ1n) is 7.27. The average Bonchev–Trinajstić information content (AvgIpc) is 2.99. The van der Waals surface area contributed by atoms with Crippen molar-refractivity contribution in [2.45, 2.75) is 38.8 Å². The number of aliphatic carboxylic acids is 1. The van der Waals surface area contributed by atoms with Crippen molar-refractivity contribution in [2.75, 3.05) is 0 Å². The van der Waals surface area contributed by atoms with Crippen LogP contribution in [0.25, 0.3) is 0 Å². The smallest absolute Gasteiger partial charge is 0.312 e. The summed E-state index contributed by atoms with van der Waals surface area (Å²) in [5, 5.41) is 25.2. The summed E-state index contributed by atoms with van der Waals surface area (Å²) < 4.78 is 1.45. The average molecular weight is 338 g/mol. The summed E-state index contributed by atoms with van der Waals surface area (Å²) in [5.41, 5.74) is -1.84. The quantitative estimate of drug-likeness (QED) is 0.810. The summed E-state index contributed by atoms with van der Waals surface area (Å²) >= 11 is 5.87. The minimum absolute atomic E-state index is 0.0554. The fourth-order valence-electron chi connectivity index (χ4n) is 2.37. The molecule has 0 amide bonds. The molecule has 23 heavy (non-hydrogen) atoms. The molecule has 0 bridgehead atoms. The van der Waals surface area contributed by atoms with Crippen LogP contribution in [0.4, 0.5) is 0 Å². The van der Waals surface area contributed by atoms with Crippen LogP contribution < -0.4 is 0 Å². The number of carboxylic acids is 1. The van der Waals surface area contributed by atoms with E-state index in [0.29, 0.717) is 11.4 Å². The number of hydrogen-bond donors (Lipinski definition) is 2. The summed E-state index contributed by atoms with van der Waals surface area (Å²) in [4.78, 5) is 15.5. The Morgan fingerprint density at radius 2 is 1.96 bits per heavy atom. The number of benzene rings is 1. The maximum Gasteiger partial charge on any atom is 0.312 e. The molecule has 0 fully saturated rings. The molecule has 6 nitrogen and oxygen atoms in total. The largest absolute Gasteiger partial charge is 0.481 e. The van der Waals surface area contributed by atoms with Crippen molar-refractivity contribution in [1.82, 2.24) is 14.8 Å². The van der Waals surface area contributed by atoms with Crippen LogP contribution in [-0.4, -0.2) is 36.5 Å². The van der Waals surface area contributed by atoms with Crippen molar-refractivity contribution in [3.05, 3.63) is 47.5 Å². The monoisotopic (exact) mass is 337 g/mol. The molecule has 0 aliphatic heterocycles. The number of carbonyl (C=O) groups is 1. The van der Waals surface area contributed by atoms with E-state index in [9.17, 15) is 15.0 Å². The molecule has 2 aromatic rings. The highest BCUT2D eigenvalue weighted by atomic mass is 35.5. The second-order valence-corrected chi connectivity index (χ2v) is 6.62. The zero-order valence-electron chi connectivity index (χ0n) is 13.1. The second-order valence-electron chi connectivity index (χ2n) is 6.18. The van der Waals surface area contributed by atoms with Crippen LogP contribution >= 0.6 is 11.6 Å². The van der Waals surface area contributed by atoms with Crippen LogP contribution in [0.3, 0.4) is 0 Å². The first-order valence-corrected chi connectivity index (χ1v) is 7.65. The SMILES string of the molecule is CC(C)(C(=O)O)C(O)(CCc1ccc(Cl)cc1)Cn1cncn1. The molecule has 7 heteroatoms. The van der Waals surface area contributed by atoms with Gasteiger partial charge in [0, 0.05) is 5.02 Å². The highest BCUT2D eigenvalue weighted by Gasteiger charge is 2.49. The van der Waals surface area contributed by atoms with Gasteiger partial charge in [-0.25, -0.2) is 4.98 Å². The topological polar surface area (TPSA) is 88.2 Å². The number of aliphatic hydroxyl groups is 1. The van der Waals surface area contributed by atoms with Gasteiger partial charge in [-0.1, -0.05) is 23.7 Å². The van der Waals surface area contributed by atoms with Gasteiger partial charge in [0.15, 0.2) is 0 Å². The van der Waals surface area contributed by atoms with Crippen LogP contribution in [0.15, 0.2) is 36.9 Å². The number of halogens is 1.